The Balaban J connectivity index is 0.933. The zero-order valence-corrected chi connectivity index (χ0v) is 39.4. The number of nitrogens with zero attached hydrogens (tertiary/aromatic N) is 7. The van der Waals surface area contributed by atoms with Crippen molar-refractivity contribution in [2.24, 2.45) is 0 Å². The molecule has 0 saturated carbocycles. The minimum atomic E-state index is 0.537. The molecule has 336 valence electrons. The van der Waals surface area contributed by atoms with Crippen molar-refractivity contribution >= 4 is 86.8 Å². The first-order valence-electron chi connectivity index (χ1n) is 24.1. The maximum atomic E-state index is 5.42. The van der Waals surface area contributed by atoms with Crippen molar-refractivity contribution in [1.29, 1.82) is 0 Å². The van der Waals surface area contributed by atoms with Crippen molar-refractivity contribution in [3.8, 4) is 62.6 Å². The Morgan fingerprint density at radius 1 is 0.333 bits per heavy atom. The lowest BCUT2D eigenvalue weighted by atomic mass is 10.0. The maximum Gasteiger partial charge on any atom is 0.238 e. The van der Waals surface area contributed by atoms with Crippen LogP contribution in [0.1, 0.15) is 0 Å². The lowest BCUT2D eigenvalue weighted by molar-refractivity contribution is 0.953. The van der Waals surface area contributed by atoms with Crippen LogP contribution in [0.5, 0.6) is 0 Å². The third-order valence-corrected chi connectivity index (χ3v) is 15.1. The number of rotatable bonds is 7. The van der Waals surface area contributed by atoms with Crippen LogP contribution in [-0.2, 0) is 0 Å². The Bertz CT molecular complexity index is 4640. The van der Waals surface area contributed by atoms with Gasteiger partial charge in [0.1, 0.15) is 5.82 Å². The van der Waals surface area contributed by atoms with E-state index in [-0.39, 0.29) is 0 Å². The van der Waals surface area contributed by atoms with E-state index in [9.17, 15) is 0 Å². The summed E-state index contributed by atoms with van der Waals surface area (Å²) >= 11 is 1.76. The van der Waals surface area contributed by atoms with Crippen molar-refractivity contribution in [1.82, 2.24) is 33.6 Å². The molecular formula is C64H39N7S. The molecule has 7 nitrogen and oxygen atoms in total. The van der Waals surface area contributed by atoms with Gasteiger partial charge >= 0.3 is 0 Å². The predicted octanol–water partition coefficient (Wildman–Crippen LogP) is 16.4. The first-order chi connectivity index (χ1) is 35.7. The average molecular weight is 938 g/mol. The number of thiophene rings is 1. The van der Waals surface area contributed by atoms with Crippen LogP contribution in [0.15, 0.2) is 236 Å². The Morgan fingerprint density at radius 2 is 0.944 bits per heavy atom. The molecule has 0 amide bonds. The zero-order valence-electron chi connectivity index (χ0n) is 38.6. The molecule has 0 bridgehead atoms. The molecule has 9 aromatic carbocycles. The fraction of sp³-hybridized carbons (Fsp3) is 0. The van der Waals surface area contributed by atoms with Gasteiger partial charge in [-0.15, -0.1) is 11.3 Å². The van der Waals surface area contributed by atoms with Gasteiger partial charge in [0.2, 0.25) is 5.95 Å². The molecule has 0 aliphatic carbocycles. The third kappa shape index (κ3) is 6.29. The molecule has 6 aromatic heterocycles. The Labute approximate surface area is 416 Å². The van der Waals surface area contributed by atoms with Gasteiger partial charge in [-0.2, -0.15) is 9.97 Å². The smallest absolute Gasteiger partial charge is 0.238 e. The summed E-state index contributed by atoms with van der Waals surface area (Å²) in [6.07, 6.45) is 0. The van der Waals surface area contributed by atoms with E-state index in [0.717, 1.165) is 94.1 Å². The molecule has 0 saturated heterocycles. The summed E-state index contributed by atoms with van der Waals surface area (Å²) < 4.78 is 8.18. The van der Waals surface area contributed by atoms with Crippen molar-refractivity contribution in [2.45, 2.75) is 0 Å². The van der Waals surface area contributed by atoms with Crippen LogP contribution in [0.2, 0.25) is 0 Å². The molecule has 0 aliphatic heterocycles. The molecule has 0 spiro atoms. The second-order valence-electron chi connectivity index (χ2n) is 18.3. The molecule has 0 N–H and O–H groups in total. The number of aromatic nitrogens is 7. The van der Waals surface area contributed by atoms with E-state index in [1.807, 2.05) is 18.2 Å². The first kappa shape index (κ1) is 40.4. The van der Waals surface area contributed by atoms with Crippen molar-refractivity contribution < 1.29 is 0 Å². The van der Waals surface area contributed by atoms with Gasteiger partial charge in [0.15, 0.2) is 11.6 Å². The van der Waals surface area contributed by atoms with Gasteiger partial charge in [0, 0.05) is 59.4 Å². The van der Waals surface area contributed by atoms with Gasteiger partial charge in [-0.1, -0.05) is 152 Å². The fourth-order valence-corrected chi connectivity index (χ4v) is 11.7. The first-order valence-corrected chi connectivity index (χ1v) is 25.0. The monoisotopic (exact) mass is 937 g/mol. The van der Waals surface area contributed by atoms with Crippen LogP contribution in [-0.4, -0.2) is 33.6 Å². The number of hydrogen-bond donors (Lipinski definition) is 0. The standard InChI is InChI=1S/C64H39N7S/c1-3-15-40(16-4-1)62-66-63(45-18-13-17-41(37-45)42-29-31-49-47-21-7-10-25-53(47)69(57(49)39-42)46-19-5-2-6-20-46)68-64(67-62)70-55-27-12-9-23-51(55)60-56(70)33-32-50-48-22-8-11-26-54(48)71(61(50)60)59-28-14-24-52(65-59)43-30-34-58-44(38-43)35-36-72-58/h1-39H. The Hall–Kier alpha value is -9.50. The molecule has 0 unspecified atom stereocenters. The lowest BCUT2D eigenvalue weighted by Crippen LogP contribution is -2.06. The van der Waals surface area contributed by atoms with Gasteiger partial charge in [0.25, 0.3) is 0 Å². The van der Waals surface area contributed by atoms with Gasteiger partial charge in [0.05, 0.1) is 38.8 Å². The molecule has 0 fully saturated rings. The van der Waals surface area contributed by atoms with Crippen LogP contribution >= 0.6 is 11.3 Å². The van der Waals surface area contributed by atoms with Crippen LogP contribution in [0, 0.1) is 0 Å². The molecule has 15 rings (SSSR count). The van der Waals surface area contributed by atoms with Gasteiger partial charge < -0.3 is 4.57 Å². The van der Waals surface area contributed by atoms with E-state index in [0.29, 0.717) is 17.6 Å². The molecule has 0 atom stereocenters. The van der Waals surface area contributed by atoms with E-state index in [1.54, 1.807) is 11.3 Å². The predicted molar refractivity (Wildman–Crippen MR) is 298 cm³/mol. The highest BCUT2D eigenvalue weighted by atomic mass is 32.1. The van der Waals surface area contributed by atoms with E-state index in [1.165, 1.54) is 26.4 Å². The molecular weight excluding hydrogens is 899 g/mol. The fourth-order valence-electron chi connectivity index (χ4n) is 10.9. The molecule has 15 aromatic rings. The molecule has 0 radical (unpaired) electrons. The number of benzene rings is 9. The summed E-state index contributed by atoms with van der Waals surface area (Å²) in [7, 11) is 0. The summed E-state index contributed by atoms with van der Waals surface area (Å²) in [5.41, 5.74) is 13.6. The molecule has 8 heteroatoms. The summed E-state index contributed by atoms with van der Waals surface area (Å²) in [6.45, 7) is 0. The molecule has 72 heavy (non-hydrogen) atoms. The summed E-state index contributed by atoms with van der Waals surface area (Å²) in [6, 6.07) is 81.7. The van der Waals surface area contributed by atoms with Crippen molar-refractivity contribution in [3.05, 3.63) is 236 Å². The Morgan fingerprint density at radius 3 is 1.76 bits per heavy atom. The van der Waals surface area contributed by atoms with E-state index >= 15 is 0 Å². The minimum absolute atomic E-state index is 0.537. The largest absolute Gasteiger partial charge is 0.309 e. The highest BCUT2D eigenvalue weighted by molar-refractivity contribution is 7.17. The summed E-state index contributed by atoms with van der Waals surface area (Å²) in [5.74, 6) is 2.57. The van der Waals surface area contributed by atoms with Gasteiger partial charge in [-0.05, 0) is 101 Å². The summed E-state index contributed by atoms with van der Waals surface area (Å²) in [4.78, 5) is 21.4. The number of para-hydroxylation sites is 4. The molecule has 6 heterocycles. The van der Waals surface area contributed by atoms with Crippen LogP contribution in [0.3, 0.4) is 0 Å². The highest BCUT2D eigenvalue weighted by Crippen LogP contribution is 2.43. The third-order valence-electron chi connectivity index (χ3n) is 14.2. The highest BCUT2D eigenvalue weighted by Gasteiger charge is 2.24. The van der Waals surface area contributed by atoms with E-state index < -0.39 is 0 Å². The second-order valence-corrected chi connectivity index (χ2v) is 19.2. The van der Waals surface area contributed by atoms with E-state index in [4.69, 9.17) is 19.9 Å². The quantitative estimate of drug-likeness (QED) is 0.160. The maximum absolute atomic E-state index is 5.42. The minimum Gasteiger partial charge on any atom is -0.309 e. The summed E-state index contributed by atoms with van der Waals surface area (Å²) in [5, 5.41) is 10.3. The number of pyridine rings is 1. The number of fused-ring (bicyclic) bond motifs is 11. The number of hydrogen-bond acceptors (Lipinski definition) is 5. The van der Waals surface area contributed by atoms with Crippen molar-refractivity contribution in [2.75, 3.05) is 0 Å². The topological polar surface area (TPSA) is 66.3 Å². The molecule has 0 aliphatic rings. The van der Waals surface area contributed by atoms with Crippen LogP contribution < -0.4 is 0 Å². The van der Waals surface area contributed by atoms with Gasteiger partial charge in [-0.25, -0.2) is 9.97 Å². The zero-order chi connectivity index (χ0) is 47.3. The second kappa shape index (κ2) is 16.0. The van der Waals surface area contributed by atoms with Crippen molar-refractivity contribution in [3.63, 3.8) is 0 Å². The normalized spacial score (nSPS) is 11.9. The average Bonchev–Trinajstić information content (AvgIpc) is 4.23. The lowest BCUT2D eigenvalue weighted by Gasteiger charge is -2.12. The van der Waals surface area contributed by atoms with Crippen LogP contribution in [0.25, 0.3) is 138 Å². The van der Waals surface area contributed by atoms with E-state index in [2.05, 4.69) is 231 Å². The van der Waals surface area contributed by atoms with Gasteiger partial charge in [-0.3, -0.25) is 9.13 Å². The SMILES string of the molecule is c1ccc(-c2nc(-c3cccc(-c4ccc5c6ccccc6n(-c6ccccc6)c5c4)c3)nc(-n3c4ccccc4c4c3ccc3c5ccccc5n(-c5cccc(-c6ccc7sccc7c6)n5)c34)n2)cc1. The Kier molecular flexibility index (Phi) is 8.99. The van der Waals surface area contributed by atoms with Crippen LogP contribution in [0.4, 0.5) is 0 Å².